The second-order valence-corrected chi connectivity index (χ2v) is 5.99. The fourth-order valence-corrected chi connectivity index (χ4v) is 2.01. The van der Waals surface area contributed by atoms with Gasteiger partial charge in [-0.05, 0) is 25.9 Å². The molecule has 1 saturated heterocycles. The second kappa shape index (κ2) is 5.36. The number of aryl methyl sites for hydroxylation is 1. The molecule has 1 aliphatic heterocycles. The average molecular weight is 252 g/mol. The number of nitrogens with zero attached hydrogens (tertiary/aromatic N) is 3. The van der Waals surface area contributed by atoms with Gasteiger partial charge in [0.2, 0.25) is 0 Å². The molecule has 0 radical (unpaired) electrons. The van der Waals surface area contributed by atoms with Gasteiger partial charge in [-0.3, -0.25) is 4.68 Å². The Morgan fingerprint density at radius 1 is 1.33 bits per heavy atom. The molecule has 1 fully saturated rings. The zero-order chi connectivity index (χ0) is 13.2. The first-order valence-corrected chi connectivity index (χ1v) is 6.69. The maximum Gasteiger partial charge on any atom is 0.156 e. The predicted molar refractivity (Wildman–Crippen MR) is 70.4 cm³/mol. The van der Waals surface area contributed by atoms with E-state index in [1.54, 1.807) is 0 Å². The lowest BCUT2D eigenvalue weighted by Gasteiger charge is -2.22. The van der Waals surface area contributed by atoms with E-state index in [0.717, 1.165) is 37.6 Å². The number of piperidine rings is 1. The summed E-state index contributed by atoms with van der Waals surface area (Å²) in [7, 11) is 1.93. The Bertz CT molecular complexity index is 388. The molecule has 0 bridgehead atoms. The summed E-state index contributed by atoms with van der Waals surface area (Å²) in [5.41, 5.74) is -0.00916. The first kappa shape index (κ1) is 13.5. The van der Waals surface area contributed by atoms with Crippen molar-refractivity contribution in [3.8, 4) is 0 Å². The van der Waals surface area contributed by atoms with E-state index in [4.69, 9.17) is 4.74 Å². The van der Waals surface area contributed by atoms with Crippen LogP contribution in [0.5, 0.6) is 0 Å². The van der Waals surface area contributed by atoms with Crippen molar-refractivity contribution < 1.29 is 4.74 Å². The molecule has 1 N–H and O–H groups in total. The molecule has 0 atom stereocenters. The number of aromatic nitrogens is 3. The van der Waals surface area contributed by atoms with Crippen molar-refractivity contribution >= 4 is 0 Å². The Labute approximate surface area is 109 Å². The molecule has 1 aliphatic rings. The van der Waals surface area contributed by atoms with Gasteiger partial charge in [0.25, 0.3) is 0 Å². The number of nitrogens with one attached hydrogen (secondary N) is 1. The van der Waals surface area contributed by atoms with Crippen LogP contribution in [0.1, 0.15) is 45.3 Å². The van der Waals surface area contributed by atoms with Crippen LogP contribution in [0, 0.1) is 0 Å². The molecule has 1 aromatic rings. The van der Waals surface area contributed by atoms with Gasteiger partial charge in [0, 0.05) is 12.5 Å². The van der Waals surface area contributed by atoms with Crippen LogP contribution in [0.25, 0.3) is 0 Å². The van der Waals surface area contributed by atoms with Gasteiger partial charge in [-0.25, -0.2) is 4.98 Å². The third-order valence-electron chi connectivity index (χ3n) is 3.26. The Morgan fingerprint density at radius 3 is 2.56 bits per heavy atom. The molecular formula is C13H24N4O. The minimum atomic E-state index is -0.00916. The van der Waals surface area contributed by atoms with E-state index in [2.05, 4.69) is 36.2 Å². The molecule has 0 spiro atoms. The van der Waals surface area contributed by atoms with Crippen molar-refractivity contribution in [1.29, 1.82) is 0 Å². The molecule has 0 amide bonds. The van der Waals surface area contributed by atoms with E-state index in [1.807, 2.05) is 11.7 Å². The van der Waals surface area contributed by atoms with Gasteiger partial charge in [0.1, 0.15) is 6.61 Å². The van der Waals surface area contributed by atoms with Crippen molar-refractivity contribution in [2.24, 2.45) is 7.05 Å². The normalized spacial score (nSPS) is 18.2. The summed E-state index contributed by atoms with van der Waals surface area (Å²) >= 11 is 0. The van der Waals surface area contributed by atoms with E-state index in [1.165, 1.54) is 0 Å². The fraction of sp³-hybridized carbons (Fsp3) is 0.846. The molecule has 18 heavy (non-hydrogen) atoms. The van der Waals surface area contributed by atoms with Crippen molar-refractivity contribution in [3.63, 3.8) is 0 Å². The summed E-state index contributed by atoms with van der Waals surface area (Å²) in [6.45, 7) is 9.04. The molecule has 1 aromatic heterocycles. The highest BCUT2D eigenvalue weighted by Gasteiger charge is 2.21. The van der Waals surface area contributed by atoms with Crippen molar-refractivity contribution in [2.75, 3.05) is 13.1 Å². The lowest BCUT2D eigenvalue weighted by atomic mass is 9.96. The Balaban J connectivity index is 1.94. The monoisotopic (exact) mass is 252 g/mol. The zero-order valence-electron chi connectivity index (χ0n) is 11.9. The molecule has 2 rings (SSSR count). The molecule has 0 saturated carbocycles. The first-order chi connectivity index (χ1) is 8.47. The highest BCUT2D eigenvalue weighted by molar-refractivity contribution is 5.02. The molecule has 5 heteroatoms. The van der Waals surface area contributed by atoms with Gasteiger partial charge in [-0.2, -0.15) is 5.10 Å². The molecule has 0 aromatic carbocycles. The molecule has 102 valence electrons. The van der Waals surface area contributed by atoms with E-state index >= 15 is 0 Å². The summed E-state index contributed by atoms with van der Waals surface area (Å²) in [6, 6.07) is 0. The van der Waals surface area contributed by atoms with Gasteiger partial charge in [-0.15, -0.1) is 0 Å². The van der Waals surface area contributed by atoms with Crippen LogP contribution in [0.2, 0.25) is 0 Å². The van der Waals surface area contributed by atoms with Crippen molar-refractivity contribution in [1.82, 2.24) is 20.1 Å². The molecule has 2 heterocycles. The van der Waals surface area contributed by atoms with Gasteiger partial charge >= 0.3 is 0 Å². The number of hydrogen-bond donors (Lipinski definition) is 1. The summed E-state index contributed by atoms with van der Waals surface area (Å²) in [5, 5.41) is 7.79. The smallest absolute Gasteiger partial charge is 0.156 e. The number of ether oxygens (including phenoxy) is 1. The van der Waals surface area contributed by atoms with Crippen LogP contribution in [-0.4, -0.2) is 34.0 Å². The van der Waals surface area contributed by atoms with E-state index in [9.17, 15) is 0 Å². The molecule has 0 unspecified atom stereocenters. The van der Waals surface area contributed by atoms with E-state index < -0.39 is 0 Å². The minimum absolute atomic E-state index is 0.00916. The highest BCUT2D eigenvalue weighted by atomic mass is 16.5. The molecule has 5 nitrogen and oxygen atoms in total. The number of rotatable bonds is 3. The van der Waals surface area contributed by atoms with E-state index in [0.29, 0.717) is 12.7 Å². The maximum absolute atomic E-state index is 5.91. The van der Waals surface area contributed by atoms with E-state index in [-0.39, 0.29) is 5.41 Å². The first-order valence-electron chi connectivity index (χ1n) is 6.69. The summed E-state index contributed by atoms with van der Waals surface area (Å²) in [5.74, 6) is 1.80. The largest absolute Gasteiger partial charge is 0.370 e. The second-order valence-electron chi connectivity index (χ2n) is 5.99. The topological polar surface area (TPSA) is 52.0 Å². The lowest BCUT2D eigenvalue weighted by molar-refractivity contribution is 0.0164. The predicted octanol–water partition coefficient (Wildman–Crippen LogP) is 1.38. The fourth-order valence-electron chi connectivity index (χ4n) is 2.01. The quantitative estimate of drug-likeness (QED) is 0.883. The van der Waals surface area contributed by atoms with Crippen LogP contribution in [-0.2, 0) is 23.8 Å². The molecule has 0 aliphatic carbocycles. The van der Waals surface area contributed by atoms with Gasteiger partial charge in [-0.1, -0.05) is 20.8 Å². The van der Waals surface area contributed by atoms with Crippen LogP contribution in [0.3, 0.4) is 0 Å². The summed E-state index contributed by atoms with van der Waals surface area (Å²) < 4.78 is 7.75. The molecular weight excluding hydrogens is 228 g/mol. The Morgan fingerprint density at radius 2 is 2.00 bits per heavy atom. The van der Waals surface area contributed by atoms with Crippen molar-refractivity contribution in [2.45, 2.75) is 51.7 Å². The van der Waals surface area contributed by atoms with Crippen LogP contribution >= 0.6 is 0 Å². The summed E-state index contributed by atoms with van der Waals surface area (Å²) in [4.78, 5) is 4.58. The average Bonchev–Trinajstić information content (AvgIpc) is 2.69. The highest BCUT2D eigenvalue weighted by Crippen LogP contribution is 2.19. The maximum atomic E-state index is 5.91. The number of hydrogen-bond acceptors (Lipinski definition) is 4. The SMILES string of the molecule is Cn1nc(C(C)(C)C)nc1COC1CCNCC1. The Kier molecular flexibility index (Phi) is 4.02. The minimum Gasteiger partial charge on any atom is -0.370 e. The third kappa shape index (κ3) is 3.29. The van der Waals surface area contributed by atoms with Crippen LogP contribution in [0.4, 0.5) is 0 Å². The van der Waals surface area contributed by atoms with Crippen LogP contribution < -0.4 is 5.32 Å². The van der Waals surface area contributed by atoms with Gasteiger partial charge in [0.15, 0.2) is 11.6 Å². The summed E-state index contributed by atoms with van der Waals surface area (Å²) in [6.07, 6.45) is 2.54. The van der Waals surface area contributed by atoms with Gasteiger partial charge < -0.3 is 10.1 Å². The van der Waals surface area contributed by atoms with Crippen LogP contribution in [0.15, 0.2) is 0 Å². The Hall–Kier alpha value is -0.940. The zero-order valence-corrected chi connectivity index (χ0v) is 11.9. The van der Waals surface area contributed by atoms with Gasteiger partial charge in [0.05, 0.1) is 6.10 Å². The third-order valence-corrected chi connectivity index (χ3v) is 3.26. The standard InChI is InChI=1S/C13H24N4O/c1-13(2,3)12-15-11(17(4)16-12)9-18-10-5-7-14-8-6-10/h10,14H,5-9H2,1-4H3. The lowest BCUT2D eigenvalue weighted by Crippen LogP contribution is -2.32. The van der Waals surface area contributed by atoms with Crippen molar-refractivity contribution in [3.05, 3.63) is 11.6 Å².